The van der Waals surface area contributed by atoms with Gasteiger partial charge in [0.1, 0.15) is 11.6 Å². The number of nitrogen functional groups attached to an aromatic ring is 1. The standard InChI is InChI=1S/C15H19N7O/c1-10-12(16)22-15(17-13(19-22)11-4-3-9-23-11)18-14(10)21-7-5-20(2)6-8-21/h3-4,9H,5-8,16H2,1-2H3. The molecule has 1 saturated heterocycles. The van der Waals surface area contributed by atoms with Crippen LogP contribution < -0.4 is 10.6 Å². The third kappa shape index (κ3) is 2.31. The van der Waals surface area contributed by atoms with E-state index in [1.54, 1.807) is 16.8 Å². The van der Waals surface area contributed by atoms with Gasteiger partial charge in [-0.25, -0.2) is 0 Å². The summed E-state index contributed by atoms with van der Waals surface area (Å²) >= 11 is 0. The van der Waals surface area contributed by atoms with Gasteiger partial charge in [-0.15, -0.1) is 5.10 Å². The number of rotatable bonds is 2. The summed E-state index contributed by atoms with van der Waals surface area (Å²) in [6, 6.07) is 3.62. The molecule has 3 aromatic heterocycles. The van der Waals surface area contributed by atoms with E-state index in [9.17, 15) is 0 Å². The molecule has 0 bridgehead atoms. The van der Waals surface area contributed by atoms with Crippen molar-refractivity contribution in [1.29, 1.82) is 0 Å². The van der Waals surface area contributed by atoms with Crippen LogP contribution in [0.15, 0.2) is 22.8 Å². The number of nitrogens with two attached hydrogens (primary N) is 1. The van der Waals surface area contributed by atoms with Gasteiger partial charge in [0.15, 0.2) is 5.76 Å². The average Bonchev–Trinajstić information content (AvgIpc) is 3.21. The first kappa shape index (κ1) is 14.0. The fourth-order valence-electron chi connectivity index (χ4n) is 2.83. The lowest BCUT2D eigenvalue weighted by atomic mass is 10.2. The smallest absolute Gasteiger partial charge is 0.256 e. The molecule has 1 aliphatic rings. The number of fused-ring (bicyclic) bond motifs is 1. The summed E-state index contributed by atoms with van der Waals surface area (Å²) in [5.41, 5.74) is 7.20. The first-order valence-corrected chi connectivity index (χ1v) is 7.63. The van der Waals surface area contributed by atoms with Crippen molar-refractivity contribution in [3.63, 3.8) is 0 Å². The van der Waals surface area contributed by atoms with Crippen LogP contribution in [0.2, 0.25) is 0 Å². The lowest BCUT2D eigenvalue weighted by Gasteiger charge is -2.34. The summed E-state index contributed by atoms with van der Waals surface area (Å²) in [6.45, 7) is 5.86. The quantitative estimate of drug-likeness (QED) is 0.755. The fourth-order valence-corrected chi connectivity index (χ4v) is 2.83. The van der Waals surface area contributed by atoms with Gasteiger partial charge in [-0.3, -0.25) is 0 Å². The highest BCUT2D eigenvalue weighted by atomic mass is 16.3. The lowest BCUT2D eigenvalue weighted by molar-refractivity contribution is 0.312. The Bertz CT molecular complexity index is 831. The molecule has 0 atom stereocenters. The second-order valence-electron chi connectivity index (χ2n) is 5.86. The van der Waals surface area contributed by atoms with E-state index in [1.807, 2.05) is 13.0 Å². The average molecular weight is 313 g/mol. The molecule has 23 heavy (non-hydrogen) atoms. The van der Waals surface area contributed by atoms with Crippen LogP contribution in [0, 0.1) is 6.92 Å². The number of piperazine rings is 1. The Labute approximate surface area is 133 Å². The second-order valence-corrected chi connectivity index (χ2v) is 5.86. The van der Waals surface area contributed by atoms with Gasteiger partial charge >= 0.3 is 0 Å². The van der Waals surface area contributed by atoms with Crippen LogP contribution in [0.5, 0.6) is 0 Å². The molecule has 3 aromatic rings. The lowest BCUT2D eigenvalue weighted by Crippen LogP contribution is -2.45. The molecule has 0 unspecified atom stereocenters. The number of anilines is 2. The van der Waals surface area contributed by atoms with E-state index >= 15 is 0 Å². The Morgan fingerprint density at radius 1 is 1.17 bits per heavy atom. The van der Waals surface area contributed by atoms with Crippen molar-refractivity contribution in [1.82, 2.24) is 24.5 Å². The largest absolute Gasteiger partial charge is 0.461 e. The molecule has 0 aromatic carbocycles. The summed E-state index contributed by atoms with van der Waals surface area (Å²) in [5.74, 6) is 3.04. The molecule has 4 heterocycles. The van der Waals surface area contributed by atoms with Crippen molar-refractivity contribution in [2.45, 2.75) is 6.92 Å². The minimum absolute atomic E-state index is 0.490. The van der Waals surface area contributed by atoms with Crippen molar-refractivity contribution in [3.05, 3.63) is 24.0 Å². The second kappa shape index (κ2) is 5.24. The molecule has 8 heteroatoms. The van der Waals surface area contributed by atoms with E-state index in [-0.39, 0.29) is 0 Å². The van der Waals surface area contributed by atoms with E-state index < -0.39 is 0 Å². The fraction of sp³-hybridized carbons (Fsp3) is 0.400. The highest BCUT2D eigenvalue weighted by molar-refractivity contribution is 5.63. The third-order valence-electron chi connectivity index (χ3n) is 4.29. The SMILES string of the molecule is Cc1c(N2CCN(C)CC2)nc2nc(-c3ccco3)nn2c1N. The van der Waals surface area contributed by atoms with Crippen LogP contribution in [-0.2, 0) is 0 Å². The first-order chi connectivity index (χ1) is 11.1. The molecular weight excluding hydrogens is 294 g/mol. The predicted octanol–water partition coefficient (Wildman–Crippen LogP) is 1.03. The van der Waals surface area contributed by atoms with Crippen molar-refractivity contribution in [2.24, 2.45) is 0 Å². The maximum absolute atomic E-state index is 6.27. The number of hydrogen-bond acceptors (Lipinski definition) is 7. The van der Waals surface area contributed by atoms with E-state index in [0.717, 1.165) is 37.6 Å². The Morgan fingerprint density at radius 3 is 2.65 bits per heavy atom. The van der Waals surface area contributed by atoms with Crippen LogP contribution in [0.4, 0.5) is 11.6 Å². The molecule has 1 fully saturated rings. The minimum atomic E-state index is 0.490. The van der Waals surface area contributed by atoms with E-state index in [0.29, 0.717) is 23.2 Å². The Hall–Kier alpha value is -2.61. The zero-order chi connectivity index (χ0) is 16.0. The summed E-state index contributed by atoms with van der Waals surface area (Å²) in [7, 11) is 2.13. The van der Waals surface area contributed by atoms with Crippen LogP contribution in [-0.4, -0.2) is 57.7 Å². The number of likely N-dealkylation sites (N-methyl/N-ethyl adjacent to an activating group) is 1. The maximum atomic E-state index is 6.27. The zero-order valence-electron chi connectivity index (χ0n) is 13.2. The van der Waals surface area contributed by atoms with E-state index in [2.05, 4.69) is 31.9 Å². The molecule has 0 amide bonds. The Morgan fingerprint density at radius 2 is 1.96 bits per heavy atom. The van der Waals surface area contributed by atoms with E-state index in [1.165, 1.54) is 0 Å². The van der Waals surface area contributed by atoms with E-state index in [4.69, 9.17) is 10.2 Å². The molecular formula is C15H19N7O. The van der Waals surface area contributed by atoms with Crippen molar-refractivity contribution in [3.8, 4) is 11.6 Å². The number of hydrogen-bond donors (Lipinski definition) is 1. The number of aromatic nitrogens is 4. The topological polar surface area (TPSA) is 88.7 Å². The maximum Gasteiger partial charge on any atom is 0.256 e. The minimum Gasteiger partial charge on any atom is -0.461 e. The van der Waals surface area contributed by atoms with Gasteiger partial charge in [0.25, 0.3) is 5.78 Å². The summed E-state index contributed by atoms with van der Waals surface area (Å²) in [5, 5.41) is 4.41. The van der Waals surface area contributed by atoms with Gasteiger partial charge < -0.3 is 20.0 Å². The van der Waals surface area contributed by atoms with Crippen LogP contribution in [0.3, 0.4) is 0 Å². The van der Waals surface area contributed by atoms with Gasteiger partial charge in [-0.05, 0) is 26.1 Å². The molecule has 120 valence electrons. The Balaban J connectivity index is 1.79. The van der Waals surface area contributed by atoms with Gasteiger partial charge in [0, 0.05) is 31.7 Å². The highest BCUT2D eigenvalue weighted by Gasteiger charge is 2.21. The van der Waals surface area contributed by atoms with Crippen molar-refractivity contribution in [2.75, 3.05) is 43.9 Å². The molecule has 1 aliphatic heterocycles. The summed E-state index contributed by atoms with van der Waals surface area (Å²) in [6.07, 6.45) is 1.60. The zero-order valence-corrected chi connectivity index (χ0v) is 13.2. The normalized spacial score (nSPS) is 16.3. The third-order valence-corrected chi connectivity index (χ3v) is 4.29. The van der Waals surface area contributed by atoms with Gasteiger partial charge in [0.2, 0.25) is 5.82 Å². The molecule has 0 aliphatic carbocycles. The summed E-state index contributed by atoms with van der Waals surface area (Å²) < 4.78 is 6.93. The number of furan rings is 1. The molecule has 0 saturated carbocycles. The van der Waals surface area contributed by atoms with Gasteiger partial charge in [0.05, 0.1) is 6.26 Å². The molecule has 4 rings (SSSR count). The van der Waals surface area contributed by atoms with Crippen molar-refractivity contribution >= 4 is 17.4 Å². The Kier molecular flexibility index (Phi) is 3.19. The van der Waals surface area contributed by atoms with Crippen LogP contribution in [0.25, 0.3) is 17.4 Å². The molecule has 0 radical (unpaired) electrons. The molecule has 8 nitrogen and oxygen atoms in total. The van der Waals surface area contributed by atoms with Crippen molar-refractivity contribution < 1.29 is 4.42 Å². The highest BCUT2D eigenvalue weighted by Crippen LogP contribution is 2.26. The monoisotopic (exact) mass is 313 g/mol. The van der Waals surface area contributed by atoms with Gasteiger partial charge in [-0.2, -0.15) is 14.5 Å². The molecule has 0 spiro atoms. The molecule has 2 N–H and O–H groups in total. The first-order valence-electron chi connectivity index (χ1n) is 7.63. The predicted molar refractivity (Wildman–Crippen MR) is 87.3 cm³/mol. The van der Waals surface area contributed by atoms with Gasteiger partial charge in [-0.1, -0.05) is 0 Å². The number of nitrogens with zero attached hydrogens (tertiary/aromatic N) is 6. The summed E-state index contributed by atoms with van der Waals surface area (Å²) in [4.78, 5) is 13.7. The van der Waals surface area contributed by atoms with Crippen LogP contribution >= 0.6 is 0 Å². The van der Waals surface area contributed by atoms with Crippen LogP contribution in [0.1, 0.15) is 5.56 Å².